The molecule has 1 heterocycles. The molecule has 0 N–H and O–H groups in total. The Morgan fingerprint density at radius 1 is 1.24 bits per heavy atom. The van der Waals surface area contributed by atoms with Crippen LogP contribution in [0.2, 0.25) is 18.1 Å². The lowest BCUT2D eigenvalue weighted by molar-refractivity contribution is -0.159. The van der Waals surface area contributed by atoms with Crippen molar-refractivity contribution in [1.82, 2.24) is 0 Å². The van der Waals surface area contributed by atoms with Gasteiger partial charge in [0.25, 0.3) is 0 Å². The Morgan fingerprint density at radius 2 is 1.84 bits per heavy atom. The molecule has 0 aromatic rings. The number of nitrogens with zero attached hydrogens (tertiary/aromatic N) is 2. The molecule has 2 aliphatic rings. The minimum atomic E-state index is -1.81. The van der Waals surface area contributed by atoms with E-state index in [2.05, 4.69) is 43.9 Å². The quantitative estimate of drug-likeness (QED) is 0.536. The second-order valence-corrected chi connectivity index (χ2v) is 14.7. The standard InChI is InChI=1S/C19H34N2O3Si/c1-17(2,3)23-16(22)11-19(15-12-20-13-21-15)9-14(10-19)24-25(7,8)18(4,5)6/h12,14H,9-11,13H2,1-8H3. The van der Waals surface area contributed by atoms with E-state index in [0.717, 1.165) is 18.6 Å². The van der Waals surface area contributed by atoms with Crippen LogP contribution in [0.5, 0.6) is 0 Å². The van der Waals surface area contributed by atoms with Gasteiger partial charge in [-0.1, -0.05) is 20.8 Å². The summed E-state index contributed by atoms with van der Waals surface area (Å²) < 4.78 is 12.1. The van der Waals surface area contributed by atoms with Crippen LogP contribution < -0.4 is 0 Å². The molecule has 0 aromatic carbocycles. The highest BCUT2D eigenvalue weighted by molar-refractivity contribution is 6.74. The van der Waals surface area contributed by atoms with E-state index in [1.807, 2.05) is 27.0 Å². The van der Waals surface area contributed by atoms with Crippen LogP contribution in [-0.4, -0.2) is 44.6 Å². The van der Waals surface area contributed by atoms with Crippen LogP contribution in [0.25, 0.3) is 0 Å². The molecule has 2 rings (SSSR count). The van der Waals surface area contributed by atoms with Gasteiger partial charge in [0.1, 0.15) is 12.3 Å². The van der Waals surface area contributed by atoms with E-state index in [1.54, 1.807) is 0 Å². The molecule has 0 atom stereocenters. The monoisotopic (exact) mass is 366 g/mol. The maximum atomic E-state index is 12.4. The molecule has 1 aliphatic heterocycles. The number of aliphatic imine (C=N–C) groups is 2. The van der Waals surface area contributed by atoms with E-state index in [9.17, 15) is 4.79 Å². The molecule has 1 fully saturated rings. The molecule has 0 spiro atoms. The molecule has 0 radical (unpaired) electrons. The summed E-state index contributed by atoms with van der Waals surface area (Å²) in [6.07, 6.45) is 4.02. The SMILES string of the molecule is CC(C)(C)OC(=O)CC1(C2=NCN=C2)CC(O[Si](C)(C)C(C)(C)C)C1. The summed E-state index contributed by atoms with van der Waals surface area (Å²) in [7, 11) is -1.81. The number of hydrogen-bond acceptors (Lipinski definition) is 5. The molecule has 6 heteroatoms. The van der Waals surface area contributed by atoms with Gasteiger partial charge in [0, 0.05) is 17.7 Å². The maximum Gasteiger partial charge on any atom is 0.307 e. The van der Waals surface area contributed by atoms with Crippen LogP contribution >= 0.6 is 0 Å². The fourth-order valence-electron chi connectivity index (χ4n) is 3.18. The van der Waals surface area contributed by atoms with E-state index < -0.39 is 13.9 Å². The molecule has 25 heavy (non-hydrogen) atoms. The van der Waals surface area contributed by atoms with Crippen LogP contribution in [0.15, 0.2) is 9.98 Å². The summed E-state index contributed by atoms with van der Waals surface area (Å²) in [5.41, 5.74) is 0.202. The van der Waals surface area contributed by atoms with E-state index in [1.165, 1.54) is 0 Å². The molecule has 1 aliphatic carbocycles. The third-order valence-electron chi connectivity index (χ3n) is 5.49. The summed E-state index contributed by atoms with van der Waals surface area (Å²) >= 11 is 0. The number of esters is 1. The second kappa shape index (κ2) is 6.61. The first-order valence-electron chi connectivity index (χ1n) is 9.19. The fraction of sp³-hybridized carbons (Fsp3) is 0.842. The van der Waals surface area contributed by atoms with Crippen molar-refractivity contribution in [3.05, 3.63) is 0 Å². The topological polar surface area (TPSA) is 60.2 Å². The van der Waals surface area contributed by atoms with Crippen LogP contribution in [0, 0.1) is 5.41 Å². The van der Waals surface area contributed by atoms with Gasteiger partial charge in [0.05, 0.1) is 12.1 Å². The van der Waals surface area contributed by atoms with Crippen molar-refractivity contribution in [3.8, 4) is 0 Å². The Bertz CT molecular complexity index is 576. The highest BCUT2D eigenvalue weighted by Crippen LogP contribution is 2.50. The van der Waals surface area contributed by atoms with Crippen LogP contribution in [-0.2, 0) is 14.0 Å². The van der Waals surface area contributed by atoms with Crippen LogP contribution in [0.4, 0.5) is 0 Å². The van der Waals surface area contributed by atoms with Crippen molar-refractivity contribution < 1.29 is 14.0 Å². The molecule has 5 nitrogen and oxygen atoms in total. The predicted octanol–water partition coefficient (Wildman–Crippen LogP) is 4.37. The molecular formula is C19H34N2O3Si. The van der Waals surface area contributed by atoms with Gasteiger partial charge in [-0.25, -0.2) is 0 Å². The summed E-state index contributed by atoms with van der Waals surface area (Å²) in [6, 6.07) is 0. The van der Waals surface area contributed by atoms with Gasteiger partial charge in [0.2, 0.25) is 0 Å². The Labute approximate surface area is 153 Å². The molecular weight excluding hydrogens is 332 g/mol. The number of carbonyl (C=O) groups is 1. The van der Waals surface area contributed by atoms with Crippen molar-refractivity contribution in [2.75, 3.05) is 6.67 Å². The molecule has 0 unspecified atom stereocenters. The van der Waals surface area contributed by atoms with Gasteiger partial charge >= 0.3 is 5.97 Å². The zero-order valence-corrected chi connectivity index (χ0v) is 18.1. The van der Waals surface area contributed by atoms with Gasteiger partial charge in [-0.15, -0.1) is 0 Å². The molecule has 0 amide bonds. The lowest BCUT2D eigenvalue weighted by Crippen LogP contribution is -2.54. The number of hydrogen-bond donors (Lipinski definition) is 0. The summed E-state index contributed by atoms with van der Waals surface area (Å²) in [6.45, 7) is 17.5. The van der Waals surface area contributed by atoms with Gasteiger partial charge in [-0.3, -0.25) is 14.8 Å². The fourth-order valence-corrected chi connectivity index (χ4v) is 4.53. The Balaban J connectivity index is 2.06. The van der Waals surface area contributed by atoms with Crippen molar-refractivity contribution in [2.45, 2.75) is 90.6 Å². The Morgan fingerprint density at radius 3 is 2.28 bits per heavy atom. The summed E-state index contributed by atoms with van der Waals surface area (Å²) in [5.74, 6) is -0.165. The second-order valence-electron chi connectivity index (χ2n) is 9.95. The lowest BCUT2D eigenvalue weighted by Gasteiger charge is -2.51. The molecule has 142 valence electrons. The highest BCUT2D eigenvalue weighted by Gasteiger charge is 2.53. The number of carbonyl (C=O) groups excluding carboxylic acids is 1. The zero-order chi connectivity index (χ0) is 19.1. The van der Waals surface area contributed by atoms with Gasteiger partial charge in [0.15, 0.2) is 8.32 Å². The van der Waals surface area contributed by atoms with E-state index in [-0.39, 0.29) is 22.5 Å². The zero-order valence-electron chi connectivity index (χ0n) is 17.1. The third kappa shape index (κ3) is 4.79. The first-order valence-corrected chi connectivity index (χ1v) is 12.1. The lowest BCUT2D eigenvalue weighted by atomic mass is 9.62. The van der Waals surface area contributed by atoms with Crippen molar-refractivity contribution in [1.29, 1.82) is 0 Å². The Kier molecular flexibility index (Phi) is 5.37. The Hall–Kier alpha value is -1.01. The average molecular weight is 367 g/mol. The predicted molar refractivity (Wildman–Crippen MR) is 105 cm³/mol. The summed E-state index contributed by atoms with van der Waals surface area (Å²) in [5, 5.41) is 0.183. The first kappa shape index (κ1) is 20.3. The highest BCUT2D eigenvalue weighted by atomic mass is 28.4. The van der Waals surface area contributed by atoms with Crippen LogP contribution in [0.3, 0.4) is 0 Å². The van der Waals surface area contributed by atoms with Crippen molar-refractivity contribution >= 4 is 26.2 Å². The first-order chi connectivity index (χ1) is 11.2. The average Bonchev–Trinajstić information content (AvgIpc) is 2.85. The largest absolute Gasteiger partial charge is 0.460 e. The molecule has 0 bridgehead atoms. The van der Waals surface area contributed by atoms with E-state index in [4.69, 9.17) is 9.16 Å². The van der Waals surface area contributed by atoms with Crippen molar-refractivity contribution in [3.63, 3.8) is 0 Å². The molecule has 1 saturated carbocycles. The number of ether oxygens (including phenoxy) is 1. The van der Waals surface area contributed by atoms with Crippen molar-refractivity contribution in [2.24, 2.45) is 15.4 Å². The summed E-state index contributed by atoms with van der Waals surface area (Å²) in [4.78, 5) is 21.1. The smallest absolute Gasteiger partial charge is 0.307 e. The van der Waals surface area contributed by atoms with E-state index >= 15 is 0 Å². The normalized spacial score (nSPS) is 27.0. The maximum absolute atomic E-state index is 12.4. The number of rotatable bonds is 5. The van der Waals surface area contributed by atoms with Gasteiger partial charge < -0.3 is 9.16 Å². The molecule has 0 aromatic heterocycles. The van der Waals surface area contributed by atoms with Gasteiger partial charge in [-0.2, -0.15) is 0 Å². The minimum Gasteiger partial charge on any atom is -0.460 e. The van der Waals surface area contributed by atoms with Gasteiger partial charge in [-0.05, 0) is 51.7 Å². The van der Waals surface area contributed by atoms with Crippen LogP contribution in [0.1, 0.15) is 60.8 Å². The minimum absolute atomic E-state index is 0.165. The third-order valence-corrected chi connectivity index (χ3v) is 10.0. The van der Waals surface area contributed by atoms with E-state index in [0.29, 0.717) is 13.1 Å². The molecule has 0 saturated heterocycles.